The average Bonchev–Trinajstić information content (AvgIpc) is 3.63. The summed E-state index contributed by atoms with van der Waals surface area (Å²) >= 11 is 1.39. The van der Waals surface area contributed by atoms with E-state index in [4.69, 9.17) is 4.98 Å². The van der Waals surface area contributed by atoms with E-state index in [1.54, 1.807) is 0 Å². The number of anilines is 1. The van der Waals surface area contributed by atoms with Gasteiger partial charge in [0.1, 0.15) is 11.9 Å². The maximum atomic E-state index is 13.6. The summed E-state index contributed by atoms with van der Waals surface area (Å²) in [5.41, 5.74) is 4.16. The van der Waals surface area contributed by atoms with Crippen molar-refractivity contribution in [3.8, 4) is 0 Å². The van der Waals surface area contributed by atoms with E-state index in [-0.39, 0.29) is 23.7 Å². The third kappa shape index (κ3) is 4.32. The molecule has 2 aromatic heterocycles. The first-order valence-corrected chi connectivity index (χ1v) is 13.5. The number of nitrogens with one attached hydrogen (secondary N) is 1. The highest BCUT2D eigenvalue weighted by molar-refractivity contribution is 7.09. The monoisotopic (exact) mass is 502 g/mol. The summed E-state index contributed by atoms with van der Waals surface area (Å²) in [5.74, 6) is 0.981. The second-order valence-electron chi connectivity index (χ2n) is 9.88. The Morgan fingerprint density at radius 2 is 1.83 bits per heavy atom. The minimum Gasteiger partial charge on any atom is -0.341 e. The van der Waals surface area contributed by atoms with Gasteiger partial charge >= 0.3 is 5.69 Å². The topological polar surface area (TPSA) is 87.1 Å². The molecular formula is C27H30N6O2S. The van der Waals surface area contributed by atoms with E-state index in [9.17, 15) is 9.59 Å². The zero-order valence-corrected chi connectivity index (χ0v) is 21.2. The largest absolute Gasteiger partial charge is 0.341 e. The standard InChI is InChI=1S/C27H30N6O2S/c1-18-8-10-19(11-9-18)17-24-29-27(36-30-24)32-14-4-7-23(32)25(34)31-15-12-20(13-16-31)33-22-6-3-2-5-21(22)28-26(33)35/h2-3,5-6,8-11,20,23H,4,7,12-17H2,1H3,(H,28,35). The van der Waals surface area contributed by atoms with Crippen LogP contribution in [0.1, 0.15) is 48.7 Å². The van der Waals surface area contributed by atoms with Gasteiger partial charge in [0, 0.05) is 43.6 Å². The van der Waals surface area contributed by atoms with E-state index in [2.05, 4.69) is 45.4 Å². The molecule has 6 rings (SSSR count). The Balaban J connectivity index is 1.12. The molecule has 1 unspecified atom stereocenters. The van der Waals surface area contributed by atoms with E-state index >= 15 is 0 Å². The normalized spacial score (nSPS) is 18.9. The molecule has 0 radical (unpaired) electrons. The van der Waals surface area contributed by atoms with E-state index in [0.29, 0.717) is 19.5 Å². The van der Waals surface area contributed by atoms with Crippen molar-refractivity contribution in [1.82, 2.24) is 23.8 Å². The van der Waals surface area contributed by atoms with Gasteiger partial charge in [0.05, 0.1) is 11.0 Å². The minimum atomic E-state index is -0.183. The fourth-order valence-electron chi connectivity index (χ4n) is 5.57. The molecule has 186 valence electrons. The van der Waals surface area contributed by atoms with Crippen molar-refractivity contribution < 1.29 is 4.79 Å². The third-order valence-electron chi connectivity index (χ3n) is 7.49. The van der Waals surface area contributed by atoms with Gasteiger partial charge in [0.2, 0.25) is 11.0 Å². The lowest BCUT2D eigenvalue weighted by molar-refractivity contribution is -0.133. The molecule has 2 aromatic carbocycles. The van der Waals surface area contributed by atoms with Crippen LogP contribution in [0, 0.1) is 6.92 Å². The van der Waals surface area contributed by atoms with Crippen molar-refractivity contribution in [3.63, 3.8) is 0 Å². The number of rotatable bonds is 5. The Hall–Kier alpha value is -3.46. The van der Waals surface area contributed by atoms with Crippen LogP contribution in [0.25, 0.3) is 11.0 Å². The summed E-state index contributed by atoms with van der Waals surface area (Å²) in [6.45, 7) is 4.23. The summed E-state index contributed by atoms with van der Waals surface area (Å²) < 4.78 is 6.46. The predicted molar refractivity (Wildman–Crippen MR) is 142 cm³/mol. The van der Waals surface area contributed by atoms with E-state index in [1.807, 2.05) is 33.7 Å². The predicted octanol–water partition coefficient (Wildman–Crippen LogP) is 3.91. The van der Waals surface area contributed by atoms with Crippen LogP contribution in [-0.2, 0) is 11.2 Å². The number of piperidine rings is 1. The molecule has 4 heterocycles. The number of likely N-dealkylation sites (tertiary alicyclic amines) is 1. The average molecular weight is 503 g/mol. The summed E-state index contributed by atoms with van der Waals surface area (Å²) in [6.07, 6.45) is 4.07. The first-order valence-electron chi connectivity index (χ1n) is 12.7. The minimum absolute atomic E-state index is 0.0688. The molecule has 2 fully saturated rings. The Morgan fingerprint density at radius 1 is 1.06 bits per heavy atom. The van der Waals surface area contributed by atoms with Gasteiger partial charge in [-0.2, -0.15) is 4.37 Å². The lowest BCUT2D eigenvalue weighted by atomic mass is 10.0. The van der Waals surface area contributed by atoms with Gasteiger partial charge in [0.15, 0.2) is 0 Å². The molecule has 0 bridgehead atoms. The van der Waals surface area contributed by atoms with E-state index < -0.39 is 0 Å². The summed E-state index contributed by atoms with van der Waals surface area (Å²) in [6, 6.07) is 16.2. The molecule has 36 heavy (non-hydrogen) atoms. The van der Waals surface area contributed by atoms with Crippen molar-refractivity contribution in [2.24, 2.45) is 0 Å². The number of nitrogens with zero attached hydrogens (tertiary/aromatic N) is 5. The van der Waals surface area contributed by atoms with Gasteiger partial charge in [-0.1, -0.05) is 42.0 Å². The molecular weight excluding hydrogens is 472 g/mol. The first-order chi connectivity index (χ1) is 17.6. The maximum absolute atomic E-state index is 13.6. The zero-order valence-electron chi connectivity index (χ0n) is 20.4. The molecule has 0 spiro atoms. The molecule has 2 aliphatic rings. The van der Waals surface area contributed by atoms with Crippen LogP contribution in [0.15, 0.2) is 53.3 Å². The Kier molecular flexibility index (Phi) is 6.08. The molecule has 2 aliphatic heterocycles. The number of amides is 1. The molecule has 1 atom stereocenters. The number of hydrogen-bond acceptors (Lipinski definition) is 6. The number of benzene rings is 2. The molecule has 0 aliphatic carbocycles. The van der Waals surface area contributed by atoms with Crippen LogP contribution in [-0.4, -0.2) is 55.4 Å². The maximum Gasteiger partial charge on any atom is 0.326 e. The van der Waals surface area contributed by atoms with Gasteiger partial charge in [-0.3, -0.25) is 9.36 Å². The number of carbonyl (C=O) groups excluding carboxylic acids is 1. The SMILES string of the molecule is Cc1ccc(Cc2nsc(N3CCCC3C(=O)N3CCC(n4c(=O)[nH]c5ccccc54)CC3)n2)cc1. The Morgan fingerprint density at radius 3 is 2.64 bits per heavy atom. The van der Waals surface area contributed by atoms with Gasteiger partial charge in [0.25, 0.3) is 0 Å². The molecule has 0 saturated carbocycles. The zero-order chi connectivity index (χ0) is 24.6. The quantitative estimate of drug-likeness (QED) is 0.447. The van der Waals surface area contributed by atoms with Crippen molar-refractivity contribution in [3.05, 3.63) is 76.0 Å². The molecule has 9 heteroatoms. The van der Waals surface area contributed by atoms with Crippen molar-refractivity contribution in [2.45, 2.75) is 51.1 Å². The highest BCUT2D eigenvalue weighted by Crippen LogP contribution is 2.31. The van der Waals surface area contributed by atoms with Gasteiger partial charge in [-0.25, -0.2) is 9.78 Å². The first kappa shape index (κ1) is 23.0. The third-order valence-corrected chi connectivity index (χ3v) is 8.28. The lowest BCUT2D eigenvalue weighted by Gasteiger charge is -2.35. The number of H-pyrrole nitrogens is 1. The fraction of sp³-hybridized carbons (Fsp3) is 0.407. The molecule has 1 amide bonds. The molecule has 2 saturated heterocycles. The van der Waals surface area contributed by atoms with Crippen molar-refractivity contribution in [2.75, 3.05) is 24.5 Å². The van der Waals surface area contributed by atoms with E-state index in [1.165, 1.54) is 22.7 Å². The second-order valence-corrected chi connectivity index (χ2v) is 10.6. The van der Waals surface area contributed by atoms with Gasteiger partial charge < -0.3 is 14.8 Å². The number of aromatic amines is 1. The number of aryl methyl sites for hydroxylation is 1. The van der Waals surface area contributed by atoms with Crippen molar-refractivity contribution in [1.29, 1.82) is 0 Å². The Bertz CT molecular complexity index is 1430. The highest BCUT2D eigenvalue weighted by Gasteiger charge is 2.37. The van der Waals surface area contributed by atoms with Crippen LogP contribution in [0.2, 0.25) is 0 Å². The van der Waals surface area contributed by atoms with Crippen molar-refractivity contribution >= 4 is 33.6 Å². The highest BCUT2D eigenvalue weighted by atomic mass is 32.1. The fourth-order valence-corrected chi connectivity index (χ4v) is 6.33. The molecule has 8 nitrogen and oxygen atoms in total. The van der Waals surface area contributed by atoms with Crippen LogP contribution in [0.5, 0.6) is 0 Å². The smallest absolute Gasteiger partial charge is 0.326 e. The number of carbonyl (C=O) groups is 1. The van der Waals surface area contributed by atoms with E-state index in [0.717, 1.165) is 54.2 Å². The summed E-state index contributed by atoms with van der Waals surface area (Å²) in [5, 5.41) is 0.841. The van der Waals surface area contributed by atoms with Gasteiger partial charge in [-0.15, -0.1) is 0 Å². The number of fused-ring (bicyclic) bond motifs is 1. The number of para-hydroxylation sites is 2. The van der Waals surface area contributed by atoms with Crippen LogP contribution >= 0.6 is 11.5 Å². The number of hydrogen-bond donors (Lipinski definition) is 1. The van der Waals surface area contributed by atoms with Gasteiger partial charge in [-0.05, 0) is 50.3 Å². The second kappa shape index (κ2) is 9.54. The summed E-state index contributed by atoms with van der Waals surface area (Å²) in [4.78, 5) is 38.0. The Labute approximate surface area is 213 Å². The molecule has 4 aromatic rings. The summed E-state index contributed by atoms with van der Waals surface area (Å²) in [7, 11) is 0. The van der Waals surface area contributed by atoms with Crippen LogP contribution in [0.4, 0.5) is 5.13 Å². The van der Waals surface area contributed by atoms with Crippen LogP contribution < -0.4 is 10.6 Å². The number of imidazole rings is 1. The molecule has 1 N–H and O–H groups in total. The lowest BCUT2D eigenvalue weighted by Crippen LogP contribution is -2.49. The van der Waals surface area contributed by atoms with Crippen LogP contribution in [0.3, 0.4) is 0 Å². The number of aromatic nitrogens is 4.